The van der Waals surface area contributed by atoms with Gasteiger partial charge in [-0.15, -0.1) is 0 Å². The van der Waals surface area contributed by atoms with Crippen LogP contribution < -0.4 is 0 Å². The van der Waals surface area contributed by atoms with E-state index < -0.39 is 0 Å². The highest BCUT2D eigenvalue weighted by Crippen LogP contribution is 2.43. The number of hydrogen-bond donors (Lipinski definition) is 1. The molecule has 1 aromatic heterocycles. The molecule has 1 atom stereocenters. The Morgan fingerprint density at radius 1 is 1.22 bits per heavy atom. The van der Waals surface area contributed by atoms with Gasteiger partial charge >= 0.3 is 0 Å². The second kappa shape index (κ2) is 3.47. The first-order chi connectivity index (χ1) is 8.78. The molecule has 1 aliphatic heterocycles. The summed E-state index contributed by atoms with van der Waals surface area (Å²) in [6, 6.07) is 8.64. The highest BCUT2D eigenvalue weighted by atomic mass is 14.8. The van der Waals surface area contributed by atoms with Gasteiger partial charge in [0.05, 0.1) is 5.71 Å². The molecule has 2 aliphatic rings. The van der Waals surface area contributed by atoms with E-state index in [4.69, 9.17) is 4.99 Å². The van der Waals surface area contributed by atoms with Gasteiger partial charge in [0.2, 0.25) is 0 Å². The Morgan fingerprint density at radius 2 is 2.11 bits per heavy atom. The van der Waals surface area contributed by atoms with Gasteiger partial charge in [-0.2, -0.15) is 0 Å². The molecule has 2 aromatic rings. The summed E-state index contributed by atoms with van der Waals surface area (Å²) in [7, 11) is 0. The van der Waals surface area contributed by atoms with Gasteiger partial charge in [0.1, 0.15) is 0 Å². The molecule has 92 valence electrons. The van der Waals surface area contributed by atoms with E-state index in [9.17, 15) is 0 Å². The van der Waals surface area contributed by atoms with Crippen LogP contribution in [0.2, 0.25) is 0 Å². The van der Waals surface area contributed by atoms with Gasteiger partial charge < -0.3 is 4.98 Å². The lowest BCUT2D eigenvalue weighted by molar-refractivity contribution is 0.361. The number of hydrogen-bond acceptors (Lipinski definition) is 1. The Morgan fingerprint density at radius 3 is 3.06 bits per heavy atom. The third kappa shape index (κ3) is 1.26. The molecule has 1 N–H and O–H groups in total. The summed E-state index contributed by atoms with van der Waals surface area (Å²) in [5.41, 5.74) is 5.76. The second-order valence-corrected chi connectivity index (χ2v) is 5.92. The molecule has 0 fully saturated rings. The normalized spacial score (nSPS) is 26.6. The Labute approximate surface area is 107 Å². The zero-order valence-corrected chi connectivity index (χ0v) is 10.8. The van der Waals surface area contributed by atoms with Crippen LogP contribution in [0.25, 0.3) is 10.9 Å². The highest BCUT2D eigenvalue weighted by molar-refractivity contribution is 6.15. The number of H-pyrrole nitrogens is 1. The van der Waals surface area contributed by atoms with E-state index in [0.717, 1.165) is 6.54 Å². The molecule has 4 rings (SSSR count). The third-order valence-corrected chi connectivity index (χ3v) is 4.68. The Hall–Kier alpha value is -1.57. The van der Waals surface area contributed by atoms with E-state index in [1.54, 1.807) is 0 Å². The quantitative estimate of drug-likeness (QED) is 0.725. The summed E-state index contributed by atoms with van der Waals surface area (Å²) in [6.45, 7) is 3.40. The van der Waals surface area contributed by atoms with Crippen molar-refractivity contribution in [2.45, 2.75) is 32.6 Å². The Balaban J connectivity index is 2.04. The summed E-state index contributed by atoms with van der Waals surface area (Å²) in [5.74, 6) is 0. The summed E-state index contributed by atoms with van der Waals surface area (Å²) >= 11 is 0. The predicted octanol–water partition coefficient (Wildman–Crippen LogP) is 3.70. The lowest BCUT2D eigenvalue weighted by Gasteiger charge is -2.38. The van der Waals surface area contributed by atoms with E-state index in [-0.39, 0.29) is 0 Å². The second-order valence-electron chi connectivity index (χ2n) is 5.92. The minimum absolute atomic E-state index is 0.316. The van der Waals surface area contributed by atoms with Crippen LogP contribution in [0.4, 0.5) is 0 Å². The Kier molecular flexibility index (Phi) is 2.00. The van der Waals surface area contributed by atoms with Crippen molar-refractivity contribution in [2.24, 2.45) is 10.4 Å². The molecule has 0 spiro atoms. The predicted molar refractivity (Wildman–Crippen MR) is 75.4 cm³/mol. The van der Waals surface area contributed by atoms with Crippen molar-refractivity contribution in [1.29, 1.82) is 0 Å². The molecule has 1 aromatic carbocycles. The number of aryl methyl sites for hydroxylation is 1. The number of aliphatic imine (C=N–C) groups is 1. The SMILES string of the molecule is CC12CCCN=C1c1c([nH]c3ccccc13)CC2. The van der Waals surface area contributed by atoms with Crippen molar-refractivity contribution in [3.05, 3.63) is 35.5 Å². The van der Waals surface area contributed by atoms with Gasteiger partial charge in [0, 0.05) is 34.1 Å². The fourth-order valence-corrected chi connectivity index (χ4v) is 3.65. The van der Waals surface area contributed by atoms with Crippen LogP contribution in [0, 0.1) is 5.41 Å². The first kappa shape index (κ1) is 10.4. The van der Waals surface area contributed by atoms with Crippen molar-refractivity contribution in [3.63, 3.8) is 0 Å². The number of aromatic nitrogens is 1. The summed E-state index contributed by atoms with van der Waals surface area (Å²) < 4.78 is 0. The first-order valence-corrected chi connectivity index (χ1v) is 6.93. The Bertz CT molecular complexity index is 650. The molecule has 18 heavy (non-hydrogen) atoms. The molecule has 2 heterocycles. The lowest BCUT2D eigenvalue weighted by Crippen LogP contribution is -2.36. The molecule has 0 saturated heterocycles. The standard InChI is InChI=1S/C16H18N2/c1-16-8-4-10-17-15(16)14-11-5-2-3-6-12(11)18-13(14)7-9-16/h2-3,5-6,18H,4,7-10H2,1H3. The van der Waals surface area contributed by atoms with Gasteiger partial charge in [-0.3, -0.25) is 4.99 Å². The van der Waals surface area contributed by atoms with E-state index in [2.05, 4.69) is 36.2 Å². The van der Waals surface area contributed by atoms with Gasteiger partial charge in [-0.1, -0.05) is 25.1 Å². The van der Waals surface area contributed by atoms with Crippen LogP contribution in [-0.2, 0) is 6.42 Å². The molecule has 0 amide bonds. The van der Waals surface area contributed by atoms with Gasteiger partial charge in [0.15, 0.2) is 0 Å². The largest absolute Gasteiger partial charge is 0.358 e. The van der Waals surface area contributed by atoms with Crippen LogP contribution in [0.3, 0.4) is 0 Å². The average Bonchev–Trinajstić information content (AvgIpc) is 2.77. The molecule has 2 heteroatoms. The molecular formula is C16H18N2. The van der Waals surface area contributed by atoms with Crippen molar-refractivity contribution in [3.8, 4) is 0 Å². The molecule has 0 bridgehead atoms. The fraction of sp³-hybridized carbons (Fsp3) is 0.438. The van der Waals surface area contributed by atoms with E-state index in [1.807, 2.05) is 0 Å². The van der Waals surface area contributed by atoms with Crippen LogP contribution >= 0.6 is 0 Å². The molecule has 1 aliphatic carbocycles. The number of para-hydroxylation sites is 1. The van der Waals surface area contributed by atoms with Crippen molar-refractivity contribution < 1.29 is 0 Å². The van der Waals surface area contributed by atoms with E-state index in [1.165, 1.54) is 53.6 Å². The smallest absolute Gasteiger partial charge is 0.0503 e. The van der Waals surface area contributed by atoms with E-state index >= 15 is 0 Å². The fourth-order valence-electron chi connectivity index (χ4n) is 3.65. The number of rotatable bonds is 0. The summed E-state index contributed by atoms with van der Waals surface area (Å²) in [5, 5.41) is 1.36. The zero-order valence-electron chi connectivity index (χ0n) is 10.8. The van der Waals surface area contributed by atoms with Crippen LogP contribution in [0.1, 0.15) is 37.4 Å². The topological polar surface area (TPSA) is 28.1 Å². The van der Waals surface area contributed by atoms with Crippen LogP contribution in [0.15, 0.2) is 29.3 Å². The molecule has 2 nitrogen and oxygen atoms in total. The monoisotopic (exact) mass is 238 g/mol. The number of nitrogens with one attached hydrogen (secondary N) is 1. The van der Waals surface area contributed by atoms with Gasteiger partial charge in [-0.05, 0) is 31.7 Å². The van der Waals surface area contributed by atoms with Gasteiger partial charge in [-0.25, -0.2) is 0 Å². The number of fused-ring (bicyclic) bond motifs is 5. The third-order valence-electron chi connectivity index (χ3n) is 4.68. The van der Waals surface area contributed by atoms with Crippen molar-refractivity contribution >= 4 is 16.6 Å². The number of nitrogens with zero attached hydrogens (tertiary/aromatic N) is 1. The maximum atomic E-state index is 4.88. The van der Waals surface area contributed by atoms with E-state index in [0.29, 0.717) is 5.41 Å². The van der Waals surface area contributed by atoms with Crippen LogP contribution in [-0.4, -0.2) is 17.2 Å². The number of aromatic amines is 1. The maximum absolute atomic E-state index is 4.88. The van der Waals surface area contributed by atoms with Crippen LogP contribution in [0.5, 0.6) is 0 Å². The lowest BCUT2D eigenvalue weighted by atomic mass is 9.68. The minimum Gasteiger partial charge on any atom is -0.358 e. The molecule has 0 saturated carbocycles. The zero-order chi connectivity index (χ0) is 12.2. The molecule has 0 radical (unpaired) electrons. The maximum Gasteiger partial charge on any atom is 0.0503 e. The summed E-state index contributed by atoms with van der Waals surface area (Å²) in [6.07, 6.45) is 4.95. The molecule has 1 unspecified atom stereocenters. The summed E-state index contributed by atoms with van der Waals surface area (Å²) in [4.78, 5) is 8.47. The number of benzene rings is 1. The highest BCUT2D eigenvalue weighted by Gasteiger charge is 2.39. The minimum atomic E-state index is 0.316. The average molecular weight is 238 g/mol. The van der Waals surface area contributed by atoms with Crippen molar-refractivity contribution in [1.82, 2.24) is 4.98 Å². The van der Waals surface area contributed by atoms with Gasteiger partial charge in [0.25, 0.3) is 0 Å². The van der Waals surface area contributed by atoms with Crippen molar-refractivity contribution in [2.75, 3.05) is 6.54 Å². The molecular weight excluding hydrogens is 220 g/mol. The first-order valence-electron chi connectivity index (χ1n) is 6.93.